The van der Waals surface area contributed by atoms with Gasteiger partial charge in [0.2, 0.25) is 0 Å². The van der Waals surface area contributed by atoms with Crippen LogP contribution in [0.3, 0.4) is 0 Å². The molecule has 43 heavy (non-hydrogen) atoms. The second-order valence-corrected chi connectivity index (χ2v) is 9.97. The number of esters is 1. The van der Waals surface area contributed by atoms with Crippen LogP contribution in [-0.4, -0.2) is 39.4 Å². The molecule has 0 bridgehead atoms. The molecule has 4 aromatic rings. The van der Waals surface area contributed by atoms with Gasteiger partial charge in [0.15, 0.2) is 23.1 Å². The molecule has 1 heterocycles. The van der Waals surface area contributed by atoms with Crippen molar-refractivity contribution in [2.24, 2.45) is 4.99 Å². The van der Waals surface area contributed by atoms with Gasteiger partial charge in [0.1, 0.15) is 11.3 Å². The van der Waals surface area contributed by atoms with Crippen LogP contribution < -0.4 is 19.5 Å². The first-order valence-corrected chi connectivity index (χ1v) is 13.7. The first-order chi connectivity index (χ1) is 20.9. The highest BCUT2D eigenvalue weighted by Crippen LogP contribution is 2.39. The highest BCUT2D eigenvalue weighted by molar-refractivity contribution is 6.31. The van der Waals surface area contributed by atoms with Gasteiger partial charge in [-0.15, -0.1) is 0 Å². The summed E-state index contributed by atoms with van der Waals surface area (Å²) in [7, 11) is 4.34. The second kappa shape index (κ2) is 12.8. The van der Waals surface area contributed by atoms with Crippen LogP contribution in [0.4, 0.5) is 5.69 Å². The minimum absolute atomic E-state index is 0.124. The molecule has 1 amide bonds. The lowest BCUT2D eigenvalue weighted by molar-refractivity contribution is -0.119. The van der Waals surface area contributed by atoms with Crippen LogP contribution in [0.25, 0.3) is 0 Å². The molecule has 0 aliphatic carbocycles. The van der Waals surface area contributed by atoms with Crippen molar-refractivity contribution >= 4 is 35.4 Å². The van der Waals surface area contributed by atoms with E-state index in [0.29, 0.717) is 27.8 Å². The number of allylic oxidation sites excluding steroid dienone is 1. The number of nitrogens with zero attached hydrogens (tertiary/aromatic N) is 1. The van der Waals surface area contributed by atoms with Crippen molar-refractivity contribution in [1.82, 2.24) is 0 Å². The molecule has 2 atom stereocenters. The molecule has 1 aliphatic heterocycles. The van der Waals surface area contributed by atoms with Crippen molar-refractivity contribution in [3.05, 3.63) is 130 Å². The molecule has 0 saturated heterocycles. The van der Waals surface area contributed by atoms with Gasteiger partial charge < -0.3 is 24.3 Å². The minimum atomic E-state index is -1.36. The van der Waals surface area contributed by atoms with Crippen LogP contribution in [0, 0.1) is 0 Å². The molecule has 218 valence electrons. The summed E-state index contributed by atoms with van der Waals surface area (Å²) in [4.78, 5) is 31.3. The number of anilines is 1. The molecular weight excluding hydrogens is 568 g/mol. The maximum Gasteiger partial charge on any atom is 0.341 e. The molecule has 0 aromatic heterocycles. The zero-order chi connectivity index (χ0) is 30.4. The maximum absolute atomic E-state index is 13.8. The van der Waals surface area contributed by atoms with E-state index in [1.807, 2.05) is 48.5 Å². The molecule has 1 aliphatic rings. The number of rotatable bonds is 10. The summed E-state index contributed by atoms with van der Waals surface area (Å²) in [6.07, 6.45) is 4.33. The zero-order valence-electron chi connectivity index (χ0n) is 23.7. The van der Waals surface area contributed by atoms with Gasteiger partial charge in [-0.25, -0.2) is 4.79 Å². The second-order valence-electron chi connectivity index (χ2n) is 9.56. The van der Waals surface area contributed by atoms with Crippen molar-refractivity contribution in [3.63, 3.8) is 0 Å². The molecule has 0 saturated carbocycles. The highest BCUT2D eigenvalue weighted by Gasteiger charge is 2.39. The van der Waals surface area contributed by atoms with Crippen LogP contribution in [0.1, 0.15) is 33.2 Å². The zero-order valence-corrected chi connectivity index (χ0v) is 24.5. The Bertz CT molecular complexity index is 1690. The number of carbonyl (C=O) groups excluding carboxylic acids is 2. The Hall–Kier alpha value is -5.08. The lowest BCUT2D eigenvalue weighted by Gasteiger charge is -2.25. The number of methoxy groups -OCH3 is 3. The van der Waals surface area contributed by atoms with E-state index in [9.17, 15) is 9.59 Å². The van der Waals surface area contributed by atoms with Gasteiger partial charge in [0.25, 0.3) is 5.91 Å². The topological polar surface area (TPSA) is 95.5 Å². The fraction of sp³-hybridized carbons (Fsp3) is 0.147. The Morgan fingerprint density at radius 3 is 2.23 bits per heavy atom. The minimum Gasteiger partial charge on any atom is -0.493 e. The average Bonchev–Trinajstić information content (AvgIpc) is 3.56. The summed E-state index contributed by atoms with van der Waals surface area (Å²) in [5.74, 6) is 0.171. The molecule has 1 N–H and O–H groups in total. The summed E-state index contributed by atoms with van der Waals surface area (Å²) in [6.45, 7) is 0. The third-order valence-corrected chi connectivity index (χ3v) is 7.39. The van der Waals surface area contributed by atoms with E-state index in [1.165, 1.54) is 27.4 Å². The summed E-state index contributed by atoms with van der Waals surface area (Å²) >= 11 is 6.56. The van der Waals surface area contributed by atoms with Gasteiger partial charge in [-0.1, -0.05) is 66.2 Å². The van der Waals surface area contributed by atoms with Gasteiger partial charge in [-0.05, 0) is 59.7 Å². The number of carbonyl (C=O) groups is 2. The first kappa shape index (κ1) is 29.4. The Morgan fingerprint density at radius 2 is 1.56 bits per heavy atom. The van der Waals surface area contributed by atoms with E-state index >= 15 is 0 Å². The number of halogens is 1. The van der Waals surface area contributed by atoms with Crippen molar-refractivity contribution in [2.45, 2.75) is 11.6 Å². The molecular formula is C34H29ClN2O6. The lowest BCUT2D eigenvalue weighted by Crippen LogP contribution is -2.36. The van der Waals surface area contributed by atoms with Gasteiger partial charge in [-0.2, -0.15) is 0 Å². The molecule has 2 unspecified atom stereocenters. The number of benzene rings is 4. The number of amides is 1. The van der Waals surface area contributed by atoms with Gasteiger partial charge >= 0.3 is 5.97 Å². The van der Waals surface area contributed by atoms with Crippen LogP contribution in [0.2, 0.25) is 5.02 Å². The monoisotopic (exact) mass is 596 g/mol. The van der Waals surface area contributed by atoms with E-state index < -0.39 is 23.5 Å². The summed E-state index contributed by atoms with van der Waals surface area (Å²) in [5.41, 5.74) is 1.26. The van der Waals surface area contributed by atoms with Crippen molar-refractivity contribution in [2.75, 3.05) is 26.6 Å². The number of nitrogens with one attached hydrogen (secondary N) is 1. The van der Waals surface area contributed by atoms with E-state index in [2.05, 4.69) is 10.3 Å². The SMILES string of the molecule is COC(=O)c1cc(NC(=O)C2(c3ccc(OC)c(OC)c3)C=CC=N2)ccc1OC(c1ccccc1)c1ccccc1Cl. The number of hydrogen-bond donors (Lipinski definition) is 1. The standard InChI is InChI=1S/C34H29ClN2O6/c1-40-29-16-14-23(20-30(29)41-2)34(18-9-19-36-34)33(39)37-24-15-17-28(26(21-24)32(38)42-3)43-31(22-10-5-4-6-11-22)25-12-7-8-13-27(25)35/h4-21,31H,1-3H3,(H,37,39). The molecule has 0 radical (unpaired) electrons. The van der Waals surface area contributed by atoms with Gasteiger partial charge in [-0.3, -0.25) is 9.79 Å². The molecule has 4 aromatic carbocycles. The third-order valence-electron chi connectivity index (χ3n) is 7.05. The van der Waals surface area contributed by atoms with E-state index in [4.69, 9.17) is 30.5 Å². The molecule has 9 heteroatoms. The Labute approximate surface area is 254 Å². The summed E-state index contributed by atoms with van der Waals surface area (Å²) < 4.78 is 22.3. The van der Waals surface area contributed by atoms with Crippen LogP contribution in [0.5, 0.6) is 17.2 Å². The smallest absolute Gasteiger partial charge is 0.341 e. The quantitative estimate of drug-likeness (QED) is 0.203. The Kier molecular flexibility index (Phi) is 8.78. The number of hydrogen-bond acceptors (Lipinski definition) is 7. The van der Waals surface area contributed by atoms with E-state index in [1.54, 1.807) is 54.8 Å². The Morgan fingerprint density at radius 1 is 0.837 bits per heavy atom. The van der Waals surface area contributed by atoms with Crippen molar-refractivity contribution in [1.29, 1.82) is 0 Å². The first-order valence-electron chi connectivity index (χ1n) is 13.4. The summed E-state index contributed by atoms with van der Waals surface area (Å²) in [5, 5.41) is 3.42. The molecule has 5 rings (SSSR count). The Balaban J connectivity index is 1.49. The van der Waals surface area contributed by atoms with Crippen molar-refractivity contribution in [3.8, 4) is 17.2 Å². The van der Waals surface area contributed by atoms with Crippen LogP contribution in [-0.2, 0) is 15.1 Å². The lowest BCUT2D eigenvalue weighted by atomic mass is 9.89. The normalized spacial score (nSPS) is 15.9. The highest BCUT2D eigenvalue weighted by atomic mass is 35.5. The number of ether oxygens (including phenoxy) is 4. The molecule has 8 nitrogen and oxygen atoms in total. The molecule has 0 fully saturated rings. The molecule has 0 spiro atoms. The fourth-order valence-electron chi connectivity index (χ4n) is 4.86. The van der Waals surface area contributed by atoms with Crippen molar-refractivity contribution < 1.29 is 28.5 Å². The predicted octanol–water partition coefficient (Wildman–Crippen LogP) is 6.79. The van der Waals surface area contributed by atoms with Crippen LogP contribution >= 0.6 is 11.6 Å². The predicted molar refractivity (Wildman–Crippen MR) is 166 cm³/mol. The maximum atomic E-state index is 13.8. The number of aliphatic imine (C=N–C) groups is 1. The average molecular weight is 597 g/mol. The van der Waals surface area contributed by atoms with E-state index in [0.717, 1.165) is 11.1 Å². The van der Waals surface area contributed by atoms with Gasteiger partial charge in [0, 0.05) is 22.5 Å². The van der Waals surface area contributed by atoms with Crippen LogP contribution in [0.15, 0.2) is 108 Å². The largest absolute Gasteiger partial charge is 0.493 e. The summed E-state index contributed by atoms with van der Waals surface area (Å²) in [6, 6.07) is 26.9. The fourth-order valence-corrected chi connectivity index (χ4v) is 5.09. The van der Waals surface area contributed by atoms with E-state index in [-0.39, 0.29) is 11.3 Å². The third kappa shape index (κ3) is 5.96. The van der Waals surface area contributed by atoms with Gasteiger partial charge in [0.05, 0.1) is 21.3 Å².